The van der Waals surface area contributed by atoms with E-state index in [2.05, 4.69) is 34.7 Å². The molecule has 0 aliphatic rings. The minimum absolute atomic E-state index is 0.0511. The molecule has 0 spiro atoms. The lowest BCUT2D eigenvalue weighted by molar-refractivity contribution is -0.130. The number of carbonyl (C=O) groups is 1. The van der Waals surface area contributed by atoms with Gasteiger partial charge in [0.2, 0.25) is 5.91 Å². The molecule has 0 atom stereocenters. The second-order valence-electron chi connectivity index (χ2n) is 6.10. The Kier molecular flexibility index (Phi) is 7.68. The number of likely N-dealkylation sites (N-methyl/N-ethyl adjacent to an activating group) is 1. The molecule has 0 aromatic heterocycles. The maximum Gasteiger partial charge on any atom is 0.242 e. The number of aliphatic imine (C=N–C) groups is 1. The minimum Gasteiger partial charge on any atom is -0.352 e. The lowest BCUT2D eigenvalue weighted by atomic mass is 10.1. The van der Waals surface area contributed by atoms with Crippen LogP contribution in [0.4, 0.5) is 0 Å². The van der Waals surface area contributed by atoms with E-state index in [9.17, 15) is 4.79 Å². The van der Waals surface area contributed by atoms with Crippen molar-refractivity contribution >= 4 is 11.9 Å². The Hall–Kier alpha value is -2.82. The SMILES string of the molecule is CCN(Cc1ccccc1)C(=O)CNC(=NC)NCc1ccccc1C. The van der Waals surface area contributed by atoms with E-state index in [0.29, 0.717) is 25.6 Å². The van der Waals surface area contributed by atoms with Crippen molar-refractivity contribution in [3.05, 3.63) is 71.3 Å². The zero-order valence-electron chi connectivity index (χ0n) is 15.8. The highest BCUT2D eigenvalue weighted by atomic mass is 16.2. The molecule has 0 fully saturated rings. The average molecular weight is 352 g/mol. The Morgan fingerprint density at radius 2 is 1.73 bits per heavy atom. The van der Waals surface area contributed by atoms with E-state index in [1.54, 1.807) is 7.05 Å². The van der Waals surface area contributed by atoms with Gasteiger partial charge in [0, 0.05) is 26.7 Å². The largest absolute Gasteiger partial charge is 0.352 e. The second kappa shape index (κ2) is 10.2. The summed E-state index contributed by atoms with van der Waals surface area (Å²) in [6, 6.07) is 18.2. The van der Waals surface area contributed by atoms with Crippen molar-refractivity contribution < 1.29 is 4.79 Å². The zero-order chi connectivity index (χ0) is 18.8. The van der Waals surface area contributed by atoms with Gasteiger partial charge in [-0.3, -0.25) is 9.79 Å². The summed E-state index contributed by atoms with van der Waals surface area (Å²) in [7, 11) is 1.71. The highest BCUT2D eigenvalue weighted by molar-refractivity contribution is 5.86. The van der Waals surface area contributed by atoms with Crippen LogP contribution in [0.3, 0.4) is 0 Å². The normalized spacial score (nSPS) is 11.1. The summed E-state index contributed by atoms with van der Waals surface area (Å²) in [5, 5.41) is 6.36. The molecule has 5 heteroatoms. The third-order valence-electron chi connectivity index (χ3n) is 4.29. The summed E-state index contributed by atoms with van der Waals surface area (Å²) in [5.41, 5.74) is 3.57. The van der Waals surface area contributed by atoms with E-state index in [4.69, 9.17) is 0 Å². The van der Waals surface area contributed by atoms with E-state index >= 15 is 0 Å². The number of nitrogens with one attached hydrogen (secondary N) is 2. The molecule has 0 saturated carbocycles. The molecular weight excluding hydrogens is 324 g/mol. The molecule has 0 heterocycles. The van der Waals surface area contributed by atoms with Gasteiger partial charge in [-0.1, -0.05) is 54.6 Å². The number of hydrogen-bond donors (Lipinski definition) is 2. The van der Waals surface area contributed by atoms with Gasteiger partial charge < -0.3 is 15.5 Å². The summed E-state index contributed by atoms with van der Waals surface area (Å²) in [5.74, 6) is 0.674. The summed E-state index contributed by atoms with van der Waals surface area (Å²) >= 11 is 0. The number of carbonyl (C=O) groups excluding carboxylic acids is 1. The Morgan fingerprint density at radius 3 is 2.38 bits per heavy atom. The van der Waals surface area contributed by atoms with Gasteiger partial charge in [0.25, 0.3) is 0 Å². The smallest absolute Gasteiger partial charge is 0.242 e. The molecule has 2 aromatic carbocycles. The third kappa shape index (κ3) is 5.92. The molecule has 0 radical (unpaired) electrons. The number of rotatable bonds is 7. The Labute approximate surface area is 156 Å². The maximum absolute atomic E-state index is 12.5. The fourth-order valence-corrected chi connectivity index (χ4v) is 2.66. The fourth-order valence-electron chi connectivity index (χ4n) is 2.66. The Bertz CT molecular complexity index is 728. The van der Waals surface area contributed by atoms with Gasteiger partial charge in [0.05, 0.1) is 6.54 Å². The Morgan fingerprint density at radius 1 is 1.04 bits per heavy atom. The van der Waals surface area contributed by atoms with Crippen LogP contribution in [0.15, 0.2) is 59.6 Å². The Balaban J connectivity index is 1.84. The van der Waals surface area contributed by atoms with Crippen molar-refractivity contribution in [2.75, 3.05) is 20.1 Å². The molecule has 5 nitrogen and oxygen atoms in total. The van der Waals surface area contributed by atoms with E-state index < -0.39 is 0 Å². The van der Waals surface area contributed by atoms with Crippen molar-refractivity contribution in [2.45, 2.75) is 26.9 Å². The highest BCUT2D eigenvalue weighted by Crippen LogP contribution is 2.06. The lowest BCUT2D eigenvalue weighted by Crippen LogP contribution is -2.44. The molecule has 0 saturated heterocycles. The van der Waals surface area contributed by atoms with Crippen LogP contribution < -0.4 is 10.6 Å². The number of guanidine groups is 1. The molecule has 26 heavy (non-hydrogen) atoms. The third-order valence-corrected chi connectivity index (χ3v) is 4.29. The van der Waals surface area contributed by atoms with Crippen molar-refractivity contribution in [1.82, 2.24) is 15.5 Å². The van der Waals surface area contributed by atoms with Gasteiger partial charge in [0.15, 0.2) is 5.96 Å². The first-order chi connectivity index (χ1) is 12.6. The maximum atomic E-state index is 12.5. The number of aryl methyl sites for hydroxylation is 1. The van der Waals surface area contributed by atoms with Gasteiger partial charge in [0.1, 0.15) is 0 Å². The number of amides is 1. The predicted molar refractivity (Wildman–Crippen MR) is 107 cm³/mol. The molecule has 0 aliphatic carbocycles. The van der Waals surface area contributed by atoms with Gasteiger partial charge in [-0.2, -0.15) is 0 Å². The van der Waals surface area contributed by atoms with Crippen LogP contribution in [-0.2, 0) is 17.9 Å². The van der Waals surface area contributed by atoms with E-state index in [0.717, 1.165) is 5.56 Å². The van der Waals surface area contributed by atoms with Crippen molar-refractivity contribution in [3.63, 3.8) is 0 Å². The number of nitrogens with zero attached hydrogens (tertiary/aromatic N) is 2. The first kappa shape index (κ1) is 19.5. The summed E-state index contributed by atoms with van der Waals surface area (Å²) in [4.78, 5) is 18.5. The number of benzene rings is 2. The van der Waals surface area contributed by atoms with Crippen LogP contribution in [0.1, 0.15) is 23.6 Å². The van der Waals surface area contributed by atoms with Crippen LogP contribution >= 0.6 is 0 Å². The monoisotopic (exact) mass is 352 g/mol. The highest BCUT2D eigenvalue weighted by Gasteiger charge is 2.12. The molecule has 0 unspecified atom stereocenters. The van der Waals surface area contributed by atoms with E-state index in [1.165, 1.54) is 11.1 Å². The van der Waals surface area contributed by atoms with Crippen LogP contribution in [0.5, 0.6) is 0 Å². The zero-order valence-corrected chi connectivity index (χ0v) is 15.8. The molecule has 1 amide bonds. The molecule has 0 aliphatic heterocycles. The second-order valence-corrected chi connectivity index (χ2v) is 6.10. The topological polar surface area (TPSA) is 56.7 Å². The average Bonchev–Trinajstić information content (AvgIpc) is 2.68. The molecule has 138 valence electrons. The molecule has 0 bridgehead atoms. The van der Waals surface area contributed by atoms with Crippen molar-refractivity contribution in [2.24, 2.45) is 4.99 Å². The van der Waals surface area contributed by atoms with E-state index in [1.807, 2.05) is 54.3 Å². The molecular formula is C21H28N4O. The van der Waals surface area contributed by atoms with Crippen LogP contribution in [0.2, 0.25) is 0 Å². The van der Waals surface area contributed by atoms with Gasteiger partial charge in [-0.05, 0) is 30.5 Å². The first-order valence-electron chi connectivity index (χ1n) is 8.94. The summed E-state index contributed by atoms with van der Waals surface area (Å²) in [6.45, 7) is 6.25. The van der Waals surface area contributed by atoms with Gasteiger partial charge >= 0.3 is 0 Å². The minimum atomic E-state index is 0.0511. The molecule has 2 rings (SSSR count). The van der Waals surface area contributed by atoms with Crippen LogP contribution in [-0.4, -0.2) is 36.9 Å². The first-order valence-corrected chi connectivity index (χ1v) is 8.94. The van der Waals surface area contributed by atoms with Crippen molar-refractivity contribution in [1.29, 1.82) is 0 Å². The number of hydrogen-bond acceptors (Lipinski definition) is 2. The van der Waals surface area contributed by atoms with Crippen LogP contribution in [0.25, 0.3) is 0 Å². The van der Waals surface area contributed by atoms with Crippen molar-refractivity contribution in [3.8, 4) is 0 Å². The fraction of sp³-hybridized carbons (Fsp3) is 0.333. The quantitative estimate of drug-likeness (QED) is 0.595. The van der Waals surface area contributed by atoms with Gasteiger partial charge in [-0.15, -0.1) is 0 Å². The molecule has 2 aromatic rings. The van der Waals surface area contributed by atoms with Crippen LogP contribution in [0, 0.1) is 6.92 Å². The predicted octanol–water partition coefficient (Wildman–Crippen LogP) is 2.71. The summed E-state index contributed by atoms with van der Waals surface area (Å²) in [6.07, 6.45) is 0. The standard InChI is InChI=1S/C21H28N4O/c1-4-25(16-18-11-6-5-7-12-18)20(26)15-24-21(22-3)23-14-19-13-9-8-10-17(19)2/h5-13H,4,14-16H2,1-3H3,(H2,22,23,24). The van der Waals surface area contributed by atoms with E-state index in [-0.39, 0.29) is 12.5 Å². The van der Waals surface area contributed by atoms with Gasteiger partial charge in [-0.25, -0.2) is 0 Å². The summed E-state index contributed by atoms with van der Waals surface area (Å²) < 4.78 is 0. The molecule has 2 N–H and O–H groups in total. The lowest BCUT2D eigenvalue weighted by Gasteiger charge is -2.22.